The number of nitro benzene ring substituents is 2. The maximum absolute atomic E-state index is 12.0. The van der Waals surface area contributed by atoms with Crippen molar-refractivity contribution >= 4 is 23.0 Å². The summed E-state index contributed by atoms with van der Waals surface area (Å²) in [5.74, 6) is -2.35. The molecule has 0 saturated heterocycles. The van der Waals surface area contributed by atoms with Crippen LogP contribution in [0.1, 0.15) is 10.4 Å². The van der Waals surface area contributed by atoms with Gasteiger partial charge in [0, 0.05) is 18.8 Å². The van der Waals surface area contributed by atoms with E-state index in [0.29, 0.717) is 12.1 Å². The van der Waals surface area contributed by atoms with Crippen LogP contribution in [0.3, 0.4) is 0 Å². The summed E-state index contributed by atoms with van der Waals surface area (Å²) in [5.41, 5.74) is -0.814. The molecule has 0 aromatic heterocycles. The second kappa shape index (κ2) is 6.60. The predicted octanol–water partition coefficient (Wildman–Crippen LogP) is 2.47. The quantitative estimate of drug-likeness (QED) is 0.367. The third-order valence-electron chi connectivity index (χ3n) is 3.06. The minimum Gasteiger partial charge on any atom is -0.502 e. The summed E-state index contributed by atoms with van der Waals surface area (Å²) >= 11 is 0. The molecule has 0 radical (unpaired) electrons. The molecule has 2 aromatic rings. The Bertz CT molecular complexity index is 818. The Balaban J connectivity index is 2.37. The maximum atomic E-state index is 12.0. The summed E-state index contributed by atoms with van der Waals surface area (Å²) in [6.45, 7) is 0. The lowest BCUT2D eigenvalue weighted by molar-refractivity contribution is -0.395. The Labute approximate surface area is 134 Å². The lowest BCUT2D eigenvalue weighted by Crippen LogP contribution is -2.10. The van der Waals surface area contributed by atoms with Crippen molar-refractivity contribution < 1.29 is 24.5 Å². The Morgan fingerprint density at radius 1 is 1.08 bits per heavy atom. The predicted molar refractivity (Wildman–Crippen MR) is 82.4 cm³/mol. The third kappa shape index (κ3) is 3.38. The van der Waals surface area contributed by atoms with Gasteiger partial charge in [-0.1, -0.05) is 0 Å². The molecule has 0 saturated carbocycles. The molecular formula is C14H11N3O7. The van der Waals surface area contributed by atoms with Crippen molar-refractivity contribution in [3.05, 3.63) is 62.2 Å². The molecule has 0 atom stereocenters. The van der Waals surface area contributed by atoms with Crippen molar-refractivity contribution in [2.75, 3.05) is 12.4 Å². The molecule has 0 heterocycles. The van der Waals surface area contributed by atoms with E-state index in [0.717, 1.165) is 5.69 Å². The fraction of sp³-hybridized carbons (Fsp3) is 0.0714. The Morgan fingerprint density at radius 3 is 2.17 bits per heavy atom. The monoisotopic (exact) mass is 333 g/mol. The van der Waals surface area contributed by atoms with Crippen LogP contribution in [0.2, 0.25) is 0 Å². The molecule has 124 valence electrons. The molecule has 0 aliphatic heterocycles. The number of carbonyl (C=O) groups is 1. The van der Waals surface area contributed by atoms with Crippen molar-refractivity contribution in [2.45, 2.75) is 0 Å². The number of aromatic hydroxyl groups is 1. The van der Waals surface area contributed by atoms with E-state index < -0.39 is 38.7 Å². The number of rotatable bonds is 5. The highest BCUT2D eigenvalue weighted by molar-refractivity contribution is 5.92. The van der Waals surface area contributed by atoms with Crippen LogP contribution in [0.25, 0.3) is 0 Å². The minimum absolute atomic E-state index is 0.112. The molecule has 0 spiro atoms. The van der Waals surface area contributed by atoms with Crippen LogP contribution < -0.4 is 10.1 Å². The van der Waals surface area contributed by atoms with Gasteiger partial charge < -0.3 is 15.2 Å². The topological polar surface area (TPSA) is 145 Å². The first-order chi connectivity index (χ1) is 11.3. The third-order valence-corrected chi connectivity index (χ3v) is 3.06. The largest absolute Gasteiger partial charge is 0.502 e. The smallest absolute Gasteiger partial charge is 0.343 e. The van der Waals surface area contributed by atoms with Gasteiger partial charge in [-0.05, 0) is 24.3 Å². The molecule has 10 heteroatoms. The highest BCUT2D eigenvalue weighted by Gasteiger charge is 2.27. The van der Waals surface area contributed by atoms with Crippen LogP contribution in [-0.4, -0.2) is 28.0 Å². The van der Waals surface area contributed by atoms with Crippen molar-refractivity contribution in [2.24, 2.45) is 0 Å². The SMILES string of the molecule is CNc1ccc(C(=O)Oc2cc(O)c([N+](=O)[O-])cc2[N+](=O)[O-])cc1. The van der Waals surface area contributed by atoms with Gasteiger partial charge in [-0.15, -0.1) is 0 Å². The van der Waals surface area contributed by atoms with Gasteiger partial charge >= 0.3 is 17.3 Å². The van der Waals surface area contributed by atoms with E-state index in [1.54, 1.807) is 19.2 Å². The molecule has 0 aliphatic carbocycles. The molecular weight excluding hydrogens is 322 g/mol. The maximum Gasteiger partial charge on any atom is 0.343 e. The molecule has 0 bridgehead atoms. The van der Waals surface area contributed by atoms with Gasteiger partial charge in [0.15, 0.2) is 5.75 Å². The number of benzene rings is 2. The summed E-state index contributed by atoms with van der Waals surface area (Å²) in [5, 5.41) is 34.1. The van der Waals surface area contributed by atoms with Gasteiger partial charge in [0.05, 0.1) is 15.4 Å². The first kappa shape index (κ1) is 16.7. The average molecular weight is 333 g/mol. The van der Waals surface area contributed by atoms with Crippen molar-refractivity contribution in [3.63, 3.8) is 0 Å². The second-order valence-corrected chi connectivity index (χ2v) is 4.54. The van der Waals surface area contributed by atoms with Crippen molar-refractivity contribution in [3.8, 4) is 11.5 Å². The summed E-state index contributed by atoms with van der Waals surface area (Å²) in [6.07, 6.45) is 0. The first-order valence-electron chi connectivity index (χ1n) is 6.49. The lowest BCUT2D eigenvalue weighted by atomic mass is 10.2. The van der Waals surface area contributed by atoms with Gasteiger partial charge in [0.1, 0.15) is 6.07 Å². The number of anilines is 1. The molecule has 2 aromatic carbocycles. The van der Waals surface area contributed by atoms with E-state index in [4.69, 9.17) is 4.74 Å². The summed E-state index contributed by atoms with van der Waals surface area (Å²) in [4.78, 5) is 31.8. The number of hydrogen-bond acceptors (Lipinski definition) is 8. The highest BCUT2D eigenvalue weighted by atomic mass is 16.6. The number of phenols is 1. The van der Waals surface area contributed by atoms with Crippen LogP contribution >= 0.6 is 0 Å². The van der Waals surface area contributed by atoms with Crippen molar-refractivity contribution in [1.29, 1.82) is 0 Å². The molecule has 0 amide bonds. The van der Waals surface area contributed by atoms with E-state index in [1.807, 2.05) is 0 Å². The summed E-state index contributed by atoms with van der Waals surface area (Å²) in [6, 6.07) is 7.26. The van der Waals surface area contributed by atoms with Gasteiger partial charge in [-0.3, -0.25) is 20.2 Å². The molecule has 10 nitrogen and oxygen atoms in total. The summed E-state index contributed by atoms with van der Waals surface area (Å²) in [7, 11) is 1.69. The number of nitro groups is 2. The number of phenolic OH excluding ortho intramolecular Hbond substituents is 1. The summed E-state index contributed by atoms with van der Waals surface area (Å²) < 4.78 is 4.90. The Morgan fingerprint density at radius 2 is 1.67 bits per heavy atom. The van der Waals surface area contributed by atoms with Gasteiger partial charge in [0.2, 0.25) is 5.75 Å². The Kier molecular flexibility index (Phi) is 4.59. The van der Waals surface area contributed by atoms with E-state index in [-0.39, 0.29) is 5.56 Å². The van der Waals surface area contributed by atoms with Crippen molar-refractivity contribution in [1.82, 2.24) is 0 Å². The van der Waals surface area contributed by atoms with E-state index in [1.165, 1.54) is 12.1 Å². The molecule has 0 aliphatic rings. The standard InChI is InChI=1S/C14H11N3O7/c1-15-9-4-2-8(3-5-9)14(19)24-13-7-12(18)10(16(20)21)6-11(13)17(22)23/h2-7,15,18H,1H3. The van der Waals surface area contributed by atoms with Crippen LogP contribution in [-0.2, 0) is 0 Å². The van der Waals surface area contributed by atoms with E-state index >= 15 is 0 Å². The number of ether oxygens (including phenoxy) is 1. The molecule has 0 fully saturated rings. The minimum atomic E-state index is -0.982. The first-order valence-corrected chi connectivity index (χ1v) is 6.49. The van der Waals surface area contributed by atoms with Crippen LogP contribution in [0.15, 0.2) is 36.4 Å². The van der Waals surface area contributed by atoms with Crippen LogP contribution in [0, 0.1) is 20.2 Å². The number of hydrogen-bond donors (Lipinski definition) is 2. The normalized spacial score (nSPS) is 10.0. The molecule has 24 heavy (non-hydrogen) atoms. The van der Waals surface area contributed by atoms with Gasteiger partial charge in [-0.2, -0.15) is 0 Å². The van der Waals surface area contributed by atoms with Crippen LogP contribution in [0.4, 0.5) is 17.1 Å². The number of nitrogens with one attached hydrogen (secondary N) is 1. The fourth-order valence-corrected chi connectivity index (χ4v) is 1.85. The highest BCUT2D eigenvalue weighted by Crippen LogP contribution is 2.38. The van der Waals surface area contributed by atoms with Crippen LogP contribution in [0.5, 0.6) is 11.5 Å². The fourth-order valence-electron chi connectivity index (χ4n) is 1.85. The molecule has 2 N–H and O–H groups in total. The van der Waals surface area contributed by atoms with Gasteiger partial charge in [-0.25, -0.2) is 4.79 Å². The zero-order valence-electron chi connectivity index (χ0n) is 12.3. The Hall–Kier alpha value is -3.69. The number of esters is 1. The second-order valence-electron chi connectivity index (χ2n) is 4.54. The van der Waals surface area contributed by atoms with Gasteiger partial charge in [0.25, 0.3) is 0 Å². The van der Waals surface area contributed by atoms with E-state index in [2.05, 4.69) is 5.32 Å². The number of nitrogens with zero attached hydrogens (tertiary/aromatic N) is 2. The van der Waals surface area contributed by atoms with E-state index in [9.17, 15) is 30.1 Å². The molecule has 2 rings (SSSR count). The molecule has 0 unspecified atom stereocenters. The lowest BCUT2D eigenvalue weighted by Gasteiger charge is -2.07. The number of carbonyl (C=O) groups excluding carboxylic acids is 1. The zero-order valence-corrected chi connectivity index (χ0v) is 12.3. The average Bonchev–Trinajstić information content (AvgIpc) is 2.54. The zero-order chi connectivity index (χ0) is 17.9.